The lowest BCUT2D eigenvalue weighted by Crippen LogP contribution is -2.35. The van der Waals surface area contributed by atoms with Crippen LogP contribution in [-0.2, 0) is 0 Å². The summed E-state index contributed by atoms with van der Waals surface area (Å²) >= 11 is 0. The van der Waals surface area contributed by atoms with Crippen LogP contribution in [0.2, 0.25) is 0 Å². The molecule has 1 aliphatic rings. The fourth-order valence-electron chi connectivity index (χ4n) is 2.55. The van der Waals surface area contributed by atoms with E-state index in [0.717, 1.165) is 17.8 Å². The van der Waals surface area contributed by atoms with E-state index in [9.17, 15) is 0 Å². The average molecular weight is 183 g/mol. The zero-order valence-corrected chi connectivity index (χ0v) is 9.47. The van der Waals surface area contributed by atoms with E-state index in [2.05, 4.69) is 26.1 Å². The lowest BCUT2D eigenvalue weighted by Gasteiger charge is -2.31. The van der Waals surface area contributed by atoms with Crippen molar-refractivity contribution in [1.29, 1.82) is 0 Å². The van der Waals surface area contributed by atoms with E-state index >= 15 is 0 Å². The first-order chi connectivity index (χ1) is 6.24. The molecule has 3 atom stereocenters. The van der Waals surface area contributed by atoms with Gasteiger partial charge < -0.3 is 5.32 Å². The maximum Gasteiger partial charge on any atom is -0.00205 e. The maximum absolute atomic E-state index is 3.47. The first-order valence-corrected chi connectivity index (χ1v) is 5.94. The van der Waals surface area contributed by atoms with Crippen molar-refractivity contribution in [2.75, 3.05) is 13.1 Å². The van der Waals surface area contributed by atoms with Crippen LogP contribution in [0.4, 0.5) is 0 Å². The molecule has 1 aliphatic heterocycles. The first kappa shape index (κ1) is 11.0. The predicted molar refractivity (Wildman–Crippen MR) is 58.8 cm³/mol. The average Bonchev–Trinajstić information content (AvgIpc) is 2.09. The molecule has 1 rings (SSSR count). The molecule has 0 aromatic carbocycles. The molecule has 1 saturated heterocycles. The molecule has 1 fully saturated rings. The second-order valence-electron chi connectivity index (χ2n) is 4.86. The van der Waals surface area contributed by atoms with Crippen LogP contribution >= 0.6 is 0 Å². The SMILES string of the molecule is CCCC(C)CC1CCNCC1C. The number of hydrogen-bond acceptors (Lipinski definition) is 1. The van der Waals surface area contributed by atoms with Crippen molar-refractivity contribution in [2.24, 2.45) is 17.8 Å². The molecule has 1 nitrogen and oxygen atoms in total. The zero-order chi connectivity index (χ0) is 9.68. The number of hydrogen-bond donors (Lipinski definition) is 1. The van der Waals surface area contributed by atoms with Gasteiger partial charge in [0.25, 0.3) is 0 Å². The van der Waals surface area contributed by atoms with Gasteiger partial charge in [-0.1, -0.05) is 33.6 Å². The van der Waals surface area contributed by atoms with Crippen LogP contribution in [0.15, 0.2) is 0 Å². The Balaban J connectivity index is 2.25. The summed E-state index contributed by atoms with van der Waals surface area (Å²) in [6.07, 6.45) is 5.61. The topological polar surface area (TPSA) is 12.0 Å². The molecule has 1 heteroatoms. The standard InChI is InChI=1S/C12H25N/c1-4-5-10(2)8-12-6-7-13-9-11(12)3/h10-13H,4-9H2,1-3H3. The van der Waals surface area contributed by atoms with E-state index in [4.69, 9.17) is 0 Å². The van der Waals surface area contributed by atoms with Crippen LogP contribution < -0.4 is 5.32 Å². The monoisotopic (exact) mass is 183 g/mol. The summed E-state index contributed by atoms with van der Waals surface area (Å²) in [6, 6.07) is 0. The molecule has 1 N–H and O–H groups in total. The smallest absolute Gasteiger partial charge is 0.00205 e. The largest absolute Gasteiger partial charge is 0.316 e. The molecule has 13 heavy (non-hydrogen) atoms. The van der Waals surface area contributed by atoms with Crippen molar-refractivity contribution in [3.8, 4) is 0 Å². The molecule has 0 aromatic heterocycles. The van der Waals surface area contributed by atoms with Gasteiger partial charge in [0.15, 0.2) is 0 Å². The van der Waals surface area contributed by atoms with Crippen LogP contribution in [0, 0.1) is 17.8 Å². The van der Waals surface area contributed by atoms with Gasteiger partial charge in [0.05, 0.1) is 0 Å². The molecule has 1 heterocycles. The van der Waals surface area contributed by atoms with E-state index in [1.165, 1.54) is 38.8 Å². The summed E-state index contributed by atoms with van der Waals surface area (Å²) in [5.74, 6) is 2.83. The highest BCUT2D eigenvalue weighted by Crippen LogP contribution is 2.27. The summed E-state index contributed by atoms with van der Waals surface area (Å²) in [6.45, 7) is 9.59. The molecule has 0 saturated carbocycles. The van der Waals surface area contributed by atoms with Gasteiger partial charge >= 0.3 is 0 Å². The van der Waals surface area contributed by atoms with Crippen LogP contribution in [0.25, 0.3) is 0 Å². The Hall–Kier alpha value is -0.0400. The second kappa shape index (κ2) is 5.64. The van der Waals surface area contributed by atoms with Gasteiger partial charge in [-0.3, -0.25) is 0 Å². The summed E-state index contributed by atoms with van der Waals surface area (Å²) in [7, 11) is 0. The fraction of sp³-hybridized carbons (Fsp3) is 1.00. The van der Waals surface area contributed by atoms with E-state index < -0.39 is 0 Å². The number of rotatable bonds is 4. The summed E-state index contributed by atoms with van der Waals surface area (Å²) in [4.78, 5) is 0. The number of piperidine rings is 1. The van der Waals surface area contributed by atoms with Crippen LogP contribution in [0.3, 0.4) is 0 Å². The molecule has 78 valence electrons. The quantitative estimate of drug-likeness (QED) is 0.706. The van der Waals surface area contributed by atoms with Gasteiger partial charge in [-0.15, -0.1) is 0 Å². The molecule has 0 amide bonds. The van der Waals surface area contributed by atoms with Gasteiger partial charge in [-0.25, -0.2) is 0 Å². The Bertz CT molecular complexity index is 133. The Morgan fingerprint density at radius 2 is 2.23 bits per heavy atom. The van der Waals surface area contributed by atoms with E-state index in [-0.39, 0.29) is 0 Å². The zero-order valence-electron chi connectivity index (χ0n) is 9.47. The van der Waals surface area contributed by atoms with Crippen molar-refractivity contribution in [1.82, 2.24) is 5.32 Å². The highest BCUT2D eigenvalue weighted by atomic mass is 14.9. The lowest BCUT2D eigenvalue weighted by molar-refractivity contribution is 0.225. The van der Waals surface area contributed by atoms with E-state index in [1.807, 2.05) is 0 Å². The third kappa shape index (κ3) is 3.68. The molecule has 0 aromatic rings. The van der Waals surface area contributed by atoms with Gasteiger partial charge in [0.2, 0.25) is 0 Å². The van der Waals surface area contributed by atoms with Gasteiger partial charge in [-0.05, 0) is 43.7 Å². The fourth-order valence-corrected chi connectivity index (χ4v) is 2.55. The maximum atomic E-state index is 3.47. The van der Waals surface area contributed by atoms with Crippen LogP contribution in [-0.4, -0.2) is 13.1 Å². The van der Waals surface area contributed by atoms with E-state index in [1.54, 1.807) is 0 Å². The molecule has 0 spiro atoms. The van der Waals surface area contributed by atoms with Crippen LogP contribution in [0.1, 0.15) is 46.5 Å². The van der Waals surface area contributed by atoms with Crippen LogP contribution in [0.5, 0.6) is 0 Å². The summed E-state index contributed by atoms with van der Waals surface area (Å²) in [5.41, 5.74) is 0. The number of nitrogens with one attached hydrogen (secondary N) is 1. The second-order valence-corrected chi connectivity index (χ2v) is 4.86. The van der Waals surface area contributed by atoms with Crippen molar-refractivity contribution < 1.29 is 0 Å². The van der Waals surface area contributed by atoms with Crippen molar-refractivity contribution in [3.63, 3.8) is 0 Å². The van der Waals surface area contributed by atoms with Gasteiger partial charge in [-0.2, -0.15) is 0 Å². The molecule has 3 unspecified atom stereocenters. The Morgan fingerprint density at radius 1 is 1.46 bits per heavy atom. The van der Waals surface area contributed by atoms with Gasteiger partial charge in [0.1, 0.15) is 0 Å². The van der Waals surface area contributed by atoms with E-state index in [0.29, 0.717) is 0 Å². The summed E-state index contributed by atoms with van der Waals surface area (Å²) < 4.78 is 0. The Labute approximate surface area is 83.3 Å². The minimum Gasteiger partial charge on any atom is -0.316 e. The molecule has 0 bridgehead atoms. The minimum atomic E-state index is 0.896. The van der Waals surface area contributed by atoms with Gasteiger partial charge in [0, 0.05) is 0 Å². The first-order valence-electron chi connectivity index (χ1n) is 5.94. The Morgan fingerprint density at radius 3 is 2.85 bits per heavy atom. The van der Waals surface area contributed by atoms with Crippen molar-refractivity contribution in [3.05, 3.63) is 0 Å². The molecular formula is C12H25N. The molecular weight excluding hydrogens is 158 g/mol. The highest BCUT2D eigenvalue weighted by molar-refractivity contribution is 4.76. The third-order valence-corrected chi connectivity index (χ3v) is 3.45. The van der Waals surface area contributed by atoms with Crippen molar-refractivity contribution >= 4 is 0 Å². The molecule has 0 aliphatic carbocycles. The lowest BCUT2D eigenvalue weighted by atomic mass is 9.80. The highest BCUT2D eigenvalue weighted by Gasteiger charge is 2.22. The summed E-state index contributed by atoms with van der Waals surface area (Å²) in [5, 5.41) is 3.47. The third-order valence-electron chi connectivity index (χ3n) is 3.45. The molecule has 0 radical (unpaired) electrons. The van der Waals surface area contributed by atoms with Crippen molar-refractivity contribution in [2.45, 2.75) is 46.5 Å². The predicted octanol–water partition coefficient (Wildman–Crippen LogP) is 3.06. The Kier molecular flexibility index (Phi) is 4.79. The minimum absolute atomic E-state index is 0.896. The normalized spacial score (nSPS) is 31.6.